The minimum absolute atomic E-state index is 0.245. The third kappa shape index (κ3) is 5.53. The molecule has 1 aliphatic rings. The van der Waals surface area contributed by atoms with E-state index in [-0.39, 0.29) is 6.04 Å². The van der Waals surface area contributed by atoms with E-state index in [1.54, 1.807) is 6.20 Å². The summed E-state index contributed by atoms with van der Waals surface area (Å²) in [6, 6.07) is 26.8. The van der Waals surface area contributed by atoms with Gasteiger partial charge in [0.1, 0.15) is 11.6 Å². The number of H-pyrrole nitrogens is 1. The van der Waals surface area contributed by atoms with Gasteiger partial charge in [0.05, 0.1) is 41.6 Å². The molecule has 0 bridgehead atoms. The van der Waals surface area contributed by atoms with Gasteiger partial charge >= 0.3 is 0 Å². The predicted molar refractivity (Wildman–Crippen MR) is 143 cm³/mol. The average Bonchev–Trinajstić information content (AvgIpc) is 3.36. The van der Waals surface area contributed by atoms with Gasteiger partial charge in [-0.15, -0.1) is 0 Å². The maximum absolute atomic E-state index is 5.73. The second-order valence-corrected chi connectivity index (χ2v) is 9.45. The summed E-state index contributed by atoms with van der Waals surface area (Å²) in [4.78, 5) is 25.7. The minimum Gasteiger partial charge on any atom is -0.408 e. The number of hydrogen-bond acceptors (Lipinski definition) is 6. The number of imidazole rings is 1. The van der Waals surface area contributed by atoms with Crippen molar-refractivity contribution in [1.82, 2.24) is 30.3 Å². The number of hydroxylamine groups is 1. The van der Waals surface area contributed by atoms with Gasteiger partial charge < -0.3 is 9.82 Å². The molecule has 1 aliphatic carbocycles. The van der Waals surface area contributed by atoms with Crippen LogP contribution in [0, 0.1) is 0 Å². The molecule has 186 valence electrons. The van der Waals surface area contributed by atoms with E-state index in [2.05, 4.69) is 50.7 Å². The van der Waals surface area contributed by atoms with Crippen LogP contribution in [-0.4, -0.2) is 24.8 Å². The van der Waals surface area contributed by atoms with Gasteiger partial charge in [0.25, 0.3) is 0 Å². The topological polar surface area (TPSA) is 79.0 Å². The first kappa shape index (κ1) is 23.3. The zero-order valence-corrected chi connectivity index (χ0v) is 20.7. The minimum atomic E-state index is 0.245. The van der Waals surface area contributed by atoms with Gasteiger partial charge in [-0.1, -0.05) is 36.4 Å². The molecule has 0 radical (unpaired) electrons. The third-order valence-electron chi connectivity index (χ3n) is 6.88. The summed E-state index contributed by atoms with van der Waals surface area (Å²) in [6.07, 6.45) is 7.04. The van der Waals surface area contributed by atoms with E-state index >= 15 is 0 Å². The Morgan fingerprint density at radius 2 is 1.76 bits per heavy atom. The van der Waals surface area contributed by atoms with E-state index in [1.807, 2.05) is 54.7 Å². The summed E-state index contributed by atoms with van der Waals surface area (Å²) in [5.41, 5.74) is 9.77. The second-order valence-electron chi connectivity index (χ2n) is 9.45. The van der Waals surface area contributed by atoms with Crippen LogP contribution in [0.1, 0.15) is 47.2 Å². The highest BCUT2D eigenvalue weighted by Crippen LogP contribution is 2.34. The molecule has 2 N–H and O–H groups in total. The molecule has 7 nitrogen and oxygen atoms in total. The fraction of sp³-hybridized carbons (Fsp3) is 0.233. The lowest BCUT2D eigenvalue weighted by molar-refractivity contribution is 0.153. The normalized spacial score (nSPS) is 15.1. The summed E-state index contributed by atoms with van der Waals surface area (Å²) < 4.78 is 0. The molecular weight excluding hydrogens is 460 g/mol. The highest BCUT2D eigenvalue weighted by atomic mass is 16.6. The van der Waals surface area contributed by atoms with Gasteiger partial charge in [-0.2, -0.15) is 5.48 Å². The van der Waals surface area contributed by atoms with Crippen LogP contribution >= 0.6 is 0 Å². The maximum atomic E-state index is 5.73. The summed E-state index contributed by atoms with van der Waals surface area (Å²) >= 11 is 0. The number of aromatic nitrogens is 4. The van der Waals surface area contributed by atoms with Gasteiger partial charge in [-0.3, -0.25) is 14.9 Å². The van der Waals surface area contributed by atoms with Crippen molar-refractivity contribution >= 4 is 11.0 Å². The number of nitrogens with zero attached hydrogens (tertiary/aromatic N) is 4. The molecule has 0 fully saturated rings. The van der Waals surface area contributed by atoms with Crippen LogP contribution < -0.4 is 10.3 Å². The Kier molecular flexibility index (Phi) is 6.88. The molecule has 6 rings (SSSR count). The number of fused-ring (bicyclic) bond motifs is 2. The molecule has 0 spiro atoms. The fourth-order valence-corrected chi connectivity index (χ4v) is 5.08. The van der Waals surface area contributed by atoms with E-state index in [0.717, 1.165) is 60.7 Å². The molecule has 1 atom stereocenters. The van der Waals surface area contributed by atoms with Crippen molar-refractivity contribution in [2.45, 2.75) is 44.9 Å². The van der Waals surface area contributed by atoms with E-state index in [9.17, 15) is 0 Å². The Bertz CT molecular complexity index is 1420. The molecule has 1 unspecified atom stereocenters. The average molecular weight is 491 g/mol. The van der Waals surface area contributed by atoms with E-state index in [4.69, 9.17) is 14.8 Å². The largest absolute Gasteiger partial charge is 0.408 e. The van der Waals surface area contributed by atoms with Crippen LogP contribution in [0.3, 0.4) is 0 Å². The van der Waals surface area contributed by atoms with Crippen LogP contribution in [0.25, 0.3) is 11.0 Å². The molecule has 0 saturated carbocycles. The number of aromatic amines is 1. The first-order chi connectivity index (χ1) is 18.3. The van der Waals surface area contributed by atoms with Crippen molar-refractivity contribution in [3.8, 4) is 5.75 Å². The third-order valence-corrected chi connectivity index (χ3v) is 6.88. The van der Waals surface area contributed by atoms with E-state index in [0.29, 0.717) is 6.54 Å². The SMILES string of the molecule is c1ccc(CNOc2ccc(CN(Cc3nc4ccccc4[nH]3)C3CCCc4cccnc43)cc2)nc1. The fourth-order valence-electron chi connectivity index (χ4n) is 5.08. The molecule has 0 amide bonds. The molecule has 2 aromatic carbocycles. The number of pyridine rings is 2. The zero-order chi connectivity index (χ0) is 24.9. The van der Waals surface area contributed by atoms with Crippen molar-refractivity contribution < 1.29 is 4.84 Å². The lowest BCUT2D eigenvalue weighted by Crippen LogP contribution is -2.31. The lowest BCUT2D eigenvalue weighted by atomic mass is 9.90. The molecule has 0 aliphatic heterocycles. The second kappa shape index (κ2) is 10.9. The molecular formula is C30H30N6O. The predicted octanol–water partition coefficient (Wildman–Crippen LogP) is 5.52. The number of benzene rings is 2. The first-order valence-corrected chi connectivity index (χ1v) is 12.8. The van der Waals surface area contributed by atoms with Crippen LogP contribution in [0.15, 0.2) is 91.3 Å². The van der Waals surface area contributed by atoms with Crippen LogP contribution in [0.5, 0.6) is 5.75 Å². The van der Waals surface area contributed by atoms with E-state index < -0.39 is 0 Å². The lowest BCUT2D eigenvalue weighted by Gasteiger charge is -2.34. The highest BCUT2D eigenvalue weighted by molar-refractivity contribution is 5.74. The van der Waals surface area contributed by atoms with Gasteiger partial charge in [0, 0.05) is 18.9 Å². The van der Waals surface area contributed by atoms with Crippen molar-refractivity contribution in [2.75, 3.05) is 0 Å². The smallest absolute Gasteiger partial charge is 0.147 e. The number of aryl methyl sites for hydroxylation is 1. The molecule has 7 heteroatoms. The van der Waals surface area contributed by atoms with E-state index in [1.165, 1.54) is 16.8 Å². The quantitative estimate of drug-likeness (QED) is 0.265. The molecule has 3 aromatic heterocycles. The van der Waals surface area contributed by atoms with Crippen molar-refractivity contribution in [3.05, 3.63) is 120 Å². The number of nitrogens with one attached hydrogen (secondary N) is 2. The Morgan fingerprint density at radius 3 is 2.62 bits per heavy atom. The number of para-hydroxylation sites is 2. The Hall–Kier alpha value is -4.07. The Morgan fingerprint density at radius 1 is 0.892 bits per heavy atom. The summed E-state index contributed by atoms with van der Waals surface area (Å²) in [5.74, 6) is 1.75. The zero-order valence-electron chi connectivity index (χ0n) is 20.7. The number of hydrogen-bond donors (Lipinski definition) is 2. The molecule has 3 heterocycles. The molecule has 0 saturated heterocycles. The van der Waals surface area contributed by atoms with Gasteiger partial charge in [-0.05, 0) is 72.9 Å². The van der Waals surface area contributed by atoms with Gasteiger partial charge in [0.15, 0.2) is 0 Å². The van der Waals surface area contributed by atoms with Crippen molar-refractivity contribution in [3.63, 3.8) is 0 Å². The van der Waals surface area contributed by atoms with Crippen LogP contribution in [0.4, 0.5) is 0 Å². The van der Waals surface area contributed by atoms with Crippen molar-refractivity contribution in [1.29, 1.82) is 0 Å². The summed E-state index contributed by atoms with van der Waals surface area (Å²) in [7, 11) is 0. The first-order valence-electron chi connectivity index (χ1n) is 12.8. The number of rotatable bonds is 9. The monoisotopic (exact) mass is 490 g/mol. The summed E-state index contributed by atoms with van der Waals surface area (Å²) in [5, 5.41) is 0. The van der Waals surface area contributed by atoms with Crippen molar-refractivity contribution in [2.24, 2.45) is 0 Å². The highest BCUT2D eigenvalue weighted by Gasteiger charge is 2.28. The molecule has 37 heavy (non-hydrogen) atoms. The molecule has 5 aromatic rings. The Balaban J connectivity index is 1.19. The summed E-state index contributed by atoms with van der Waals surface area (Å²) in [6.45, 7) is 2.06. The standard InChI is InChI=1S/C30H30N6O/c1-2-11-27-26(10-1)34-29(35-27)21-36(28-12-5-7-23-8-6-18-32-30(23)28)20-22-13-15-25(16-14-22)37-33-19-24-9-3-4-17-31-24/h1-4,6,8-11,13-18,28,33H,5,7,12,19-21H2,(H,34,35). The van der Waals surface area contributed by atoms with Crippen LogP contribution in [-0.2, 0) is 26.1 Å². The maximum Gasteiger partial charge on any atom is 0.147 e. The van der Waals surface area contributed by atoms with Gasteiger partial charge in [0.2, 0.25) is 0 Å². The van der Waals surface area contributed by atoms with Crippen LogP contribution in [0.2, 0.25) is 0 Å². The van der Waals surface area contributed by atoms with Gasteiger partial charge in [-0.25, -0.2) is 4.98 Å². The Labute approximate surface area is 216 Å².